The van der Waals surface area contributed by atoms with Gasteiger partial charge in [0.05, 0.1) is 13.2 Å². The highest BCUT2D eigenvalue weighted by molar-refractivity contribution is 5.39. The Bertz CT molecular complexity index is 508. The van der Waals surface area contributed by atoms with Gasteiger partial charge in [-0.15, -0.1) is 0 Å². The molecule has 1 N–H and O–H groups in total. The van der Waals surface area contributed by atoms with E-state index in [9.17, 15) is 5.11 Å². The Morgan fingerprint density at radius 3 is 2.65 bits per heavy atom. The van der Waals surface area contributed by atoms with Gasteiger partial charge in [-0.3, -0.25) is 0 Å². The number of methoxy groups -OCH3 is 1. The molecule has 1 aromatic carbocycles. The van der Waals surface area contributed by atoms with Crippen molar-refractivity contribution in [1.29, 1.82) is 0 Å². The molecular formula is C18H26O2. The summed E-state index contributed by atoms with van der Waals surface area (Å²) >= 11 is 0. The summed E-state index contributed by atoms with van der Waals surface area (Å²) < 4.78 is 5.46. The first-order valence-electron chi connectivity index (χ1n) is 7.78. The second kappa shape index (κ2) is 4.49. The quantitative estimate of drug-likeness (QED) is 0.895. The van der Waals surface area contributed by atoms with Gasteiger partial charge in [-0.1, -0.05) is 45.4 Å². The van der Waals surface area contributed by atoms with E-state index in [0.29, 0.717) is 11.8 Å². The van der Waals surface area contributed by atoms with Crippen LogP contribution in [-0.2, 0) is 0 Å². The Labute approximate surface area is 122 Å². The van der Waals surface area contributed by atoms with Gasteiger partial charge in [-0.2, -0.15) is 0 Å². The van der Waals surface area contributed by atoms with E-state index in [0.717, 1.165) is 11.3 Å². The normalized spacial score (nSPS) is 36.0. The summed E-state index contributed by atoms with van der Waals surface area (Å²) in [5.74, 6) is 2.07. The minimum atomic E-state index is -0.422. The molecule has 2 aliphatic rings. The molecule has 0 heterocycles. The van der Waals surface area contributed by atoms with Gasteiger partial charge in [0, 0.05) is 11.0 Å². The maximum Gasteiger partial charge on any atom is 0.124 e. The molecule has 2 aliphatic carbocycles. The summed E-state index contributed by atoms with van der Waals surface area (Å²) in [5.41, 5.74) is 1.18. The van der Waals surface area contributed by atoms with Crippen molar-refractivity contribution in [2.45, 2.75) is 46.1 Å². The van der Waals surface area contributed by atoms with Crippen LogP contribution >= 0.6 is 0 Å². The molecule has 0 aliphatic heterocycles. The molecule has 2 heteroatoms. The number of rotatable bonds is 3. The van der Waals surface area contributed by atoms with Gasteiger partial charge in [0.2, 0.25) is 0 Å². The summed E-state index contributed by atoms with van der Waals surface area (Å²) in [6.45, 7) is 6.99. The first-order chi connectivity index (χ1) is 9.46. The van der Waals surface area contributed by atoms with Gasteiger partial charge < -0.3 is 9.84 Å². The van der Waals surface area contributed by atoms with Crippen molar-refractivity contribution in [3.05, 3.63) is 29.8 Å². The van der Waals surface area contributed by atoms with Crippen molar-refractivity contribution in [3.8, 4) is 5.75 Å². The lowest BCUT2D eigenvalue weighted by atomic mass is 9.63. The van der Waals surface area contributed by atoms with Crippen molar-refractivity contribution in [2.24, 2.45) is 22.7 Å². The summed E-state index contributed by atoms with van der Waals surface area (Å²) in [6, 6.07) is 7.93. The minimum Gasteiger partial charge on any atom is -0.496 e. The standard InChI is InChI=1S/C18H26O2/c1-12-14-9-7-11-17(2,3)18(12,14)16(19)13-8-5-6-10-15(13)20-4/h5-6,8,10,12,14,16,19H,7,9,11H2,1-4H3. The number of hydrogen-bond acceptors (Lipinski definition) is 2. The molecular weight excluding hydrogens is 248 g/mol. The molecule has 0 radical (unpaired) electrons. The number of aliphatic hydroxyl groups is 1. The number of fused-ring (bicyclic) bond motifs is 1. The number of benzene rings is 1. The van der Waals surface area contributed by atoms with Crippen LogP contribution in [0.3, 0.4) is 0 Å². The van der Waals surface area contributed by atoms with Crippen LogP contribution in [0.5, 0.6) is 5.75 Å². The zero-order valence-corrected chi connectivity index (χ0v) is 13.0. The van der Waals surface area contributed by atoms with Crippen LogP contribution in [0.1, 0.15) is 51.7 Å². The SMILES string of the molecule is COc1ccccc1C(O)C12C(C)C1CCCC2(C)C. The molecule has 0 aromatic heterocycles. The van der Waals surface area contributed by atoms with E-state index in [-0.39, 0.29) is 10.8 Å². The van der Waals surface area contributed by atoms with Crippen LogP contribution in [0.15, 0.2) is 24.3 Å². The molecule has 20 heavy (non-hydrogen) atoms. The molecule has 0 spiro atoms. The average molecular weight is 274 g/mol. The van der Waals surface area contributed by atoms with Gasteiger partial charge >= 0.3 is 0 Å². The Kier molecular flexibility index (Phi) is 3.13. The topological polar surface area (TPSA) is 29.5 Å². The first-order valence-corrected chi connectivity index (χ1v) is 7.78. The van der Waals surface area contributed by atoms with Crippen LogP contribution in [-0.4, -0.2) is 12.2 Å². The van der Waals surface area contributed by atoms with E-state index < -0.39 is 6.10 Å². The molecule has 3 rings (SSSR count). The molecule has 4 atom stereocenters. The summed E-state index contributed by atoms with van der Waals surface area (Å²) in [6.07, 6.45) is 3.34. The minimum absolute atomic E-state index is 0.0277. The first kappa shape index (κ1) is 13.9. The van der Waals surface area contributed by atoms with E-state index in [1.165, 1.54) is 19.3 Å². The van der Waals surface area contributed by atoms with Gasteiger partial charge in [-0.05, 0) is 36.2 Å². The Morgan fingerprint density at radius 1 is 1.30 bits per heavy atom. The molecule has 4 unspecified atom stereocenters. The Balaban J connectivity index is 2.03. The highest BCUT2D eigenvalue weighted by atomic mass is 16.5. The third-order valence-electron chi connectivity index (χ3n) is 6.24. The fraction of sp³-hybridized carbons (Fsp3) is 0.667. The molecule has 110 valence electrons. The predicted octanol–water partition coefficient (Wildman–Crippen LogP) is 4.19. The maximum absolute atomic E-state index is 11.2. The van der Waals surface area contributed by atoms with Crippen molar-refractivity contribution in [2.75, 3.05) is 7.11 Å². The van der Waals surface area contributed by atoms with Crippen LogP contribution in [0.25, 0.3) is 0 Å². The van der Waals surface area contributed by atoms with Gasteiger partial charge in [0.15, 0.2) is 0 Å². The monoisotopic (exact) mass is 274 g/mol. The average Bonchev–Trinajstić information content (AvgIpc) is 3.05. The largest absolute Gasteiger partial charge is 0.496 e. The number of hydrogen-bond donors (Lipinski definition) is 1. The Morgan fingerprint density at radius 2 is 2.00 bits per heavy atom. The molecule has 2 fully saturated rings. The maximum atomic E-state index is 11.2. The fourth-order valence-electron chi connectivity index (χ4n) is 5.24. The van der Waals surface area contributed by atoms with Gasteiger partial charge in [0.25, 0.3) is 0 Å². The van der Waals surface area contributed by atoms with E-state index in [1.54, 1.807) is 7.11 Å². The lowest BCUT2D eigenvalue weighted by molar-refractivity contribution is -0.0274. The zero-order chi connectivity index (χ0) is 14.5. The number of aliphatic hydroxyl groups excluding tert-OH is 1. The molecule has 0 bridgehead atoms. The van der Waals surface area contributed by atoms with Crippen molar-refractivity contribution < 1.29 is 9.84 Å². The van der Waals surface area contributed by atoms with Crippen molar-refractivity contribution in [3.63, 3.8) is 0 Å². The number of ether oxygens (including phenoxy) is 1. The van der Waals surface area contributed by atoms with Crippen LogP contribution in [0, 0.1) is 22.7 Å². The van der Waals surface area contributed by atoms with E-state index >= 15 is 0 Å². The van der Waals surface area contributed by atoms with E-state index in [1.807, 2.05) is 24.3 Å². The molecule has 1 aromatic rings. The van der Waals surface area contributed by atoms with Gasteiger partial charge in [-0.25, -0.2) is 0 Å². The second-order valence-corrected chi connectivity index (χ2v) is 7.25. The fourth-order valence-corrected chi connectivity index (χ4v) is 5.24. The zero-order valence-electron chi connectivity index (χ0n) is 13.0. The van der Waals surface area contributed by atoms with E-state index in [2.05, 4.69) is 20.8 Å². The lowest BCUT2D eigenvalue weighted by Gasteiger charge is -2.43. The highest BCUT2D eigenvalue weighted by Crippen LogP contribution is 2.78. The summed E-state index contributed by atoms with van der Waals surface area (Å²) in [5, 5.41) is 11.2. The number of para-hydroxylation sites is 1. The summed E-state index contributed by atoms with van der Waals surface area (Å²) in [7, 11) is 1.68. The highest BCUT2D eigenvalue weighted by Gasteiger charge is 2.73. The second-order valence-electron chi connectivity index (χ2n) is 7.25. The third-order valence-corrected chi connectivity index (χ3v) is 6.24. The lowest BCUT2D eigenvalue weighted by Crippen LogP contribution is -2.36. The van der Waals surface area contributed by atoms with Crippen molar-refractivity contribution >= 4 is 0 Å². The van der Waals surface area contributed by atoms with Gasteiger partial charge in [0.1, 0.15) is 5.75 Å². The van der Waals surface area contributed by atoms with Crippen LogP contribution in [0.2, 0.25) is 0 Å². The van der Waals surface area contributed by atoms with Crippen LogP contribution in [0.4, 0.5) is 0 Å². The third kappa shape index (κ3) is 1.60. The molecule has 2 nitrogen and oxygen atoms in total. The smallest absolute Gasteiger partial charge is 0.124 e. The van der Waals surface area contributed by atoms with Crippen molar-refractivity contribution in [1.82, 2.24) is 0 Å². The molecule has 0 saturated heterocycles. The predicted molar refractivity (Wildman–Crippen MR) is 80.7 cm³/mol. The Hall–Kier alpha value is -1.02. The van der Waals surface area contributed by atoms with E-state index in [4.69, 9.17) is 4.74 Å². The summed E-state index contributed by atoms with van der Waals surface area (Å²) in [4.78, 5) is 0. The molecule has 2 saturated carbocycles. The molecule has 0 amide bonds. The van der Waals surface area contributed by atoms with Crippen LogP contribution < -0.4 is 4.74 Å².